The van der Waals surface area contributed by atoms with Crippen molar-refractivity contribution in [3.63, 3.8) is 0 Å². The van der Waals surface area contributed by atoms with Gasteiger partial charge in [0.2, 0.25) is 0 Å². The van der Waals surface area contributed by atoms with Crippen molar-refractivity contribution >= 4 is 17.7 Å². The van der Waals surface area contributed by atoms with E-state index in [1.165, 1.54) is 12.2 Å². The van der Waals surface area contributed by atoms with Gasteiger partial charge in [-0.25, -0.2) is 9.59 Å². The number of esters is 2. The molecule has 2 saturated carbocycles. The lowest BCUT2D eigenvalue weighted by Crippen LogP contribution is -2.65. The summed E-state index contributed by atoms with van der Waals surface area (Å²) in [6.07, 6.45) is 7.63. The Bertz CT molecular complexity index is 1110. The Hall–Kier alpha value is -2.55. The Kier molecular flexibility index (Phi) is 6.26. The lowest BCUT2D eigenvalue weighted by atomic mass is 9.59. The molecule has 0 bridgehead atoms. The van der Waals surface area contributed by atoms with Gasteiger partial charge in [0.1, 0.15) is 17.8 Å². The predicted molar refractivity (Wildman–Crippen MR) is 130 cm³/mol. The van der Waals surface area contributed by atoms with Gasteiger partial charge >= 0.3 is 11.9 Å². The van der Waals surface area contributed by atoms with Gasteiger partial charge in [-0.2, -0.15) is 0 Å². The summed E-state index contributed by atoms with van der Waals surface area (Å²) in [7, 11) is 0. The molecule has 0 unspecified atom stereocenters. The minimum absolute atomic E-state index is 0.131. The summed E-state index contributed by atoms with van der Waals surface area (Å²) >= 11 is 0. The molecule has 3 N–H and O–H groups in total. The molecule has 0 radical (unpaired) electrons. The number of ketones is 1. The van der Waals surface area contributed by atoms with Crippen LogP contribution in [0.2, 0.25) is 0 Å². The van der Waals surface area contributed by atoms with E-state index in [2.05, 4.69) is 0 Å². The average molecular weight is 501 g/mol. The minimum Gasteiger partial charge on any atom is -0.458 e. The Balaban J connectivity index is 1.86. The highest BCUT2D eigenvalue weighted by Crippen LogP contribution is 2.76. The maximum absolute atomic E-state index is 13.2. The predicted octanol–water partition coefficient (Wildman–Crippen LogP) is 2.18. The van der Waals surface area contributed by atoms with E-state index in [0.29, 0.717) is 11.1 Å². The summed E-state index contributed by atoms with van der Waals surface area (Å²) in [5, 5.41) is 35.7. The van der Waals surface area contributed by atoms with E-state index in [9.17, 15) is 29.7 Å². The monoisotopic (exact) mass is 500 g/mol. The first-order valence-electron chi connectivity index (χ1n) is 12.4. The Morgan fingerprint density at radius 1 is 1.11 bits per heavy atom. The van der Waals surface area contributed by atoms with Gasteiger partial charge in [-0.3, -0.25) is 4.79 Å². The number of aliphatic hydroxyl groups excluding tert-OH is 1. The third-order valence-corrected chi connectivity index (χ3v) is 9.07. The molecule has 36 heavy (non-hydrogen) atoms. The van der Waals surface area contributed by atoms with E-state index >= 15 is 0 Å². The first-order chi connectivity index (χ1) is 16.7. The van der Waals surface area contributed by atoms with Crippen molar-refractivity contribution in [1.82, 2.24) is 0 Å². The maximum Gasteiger partial charge on any atom is 0.331 e. The number of rotatable bonds is 5. The quantitative estimate of drug-likeness (QED) is 0.298. The van der Waals surface area contributed by atoms with Crippen LogP contribution in [0.4, 0.5) is 0 Å². The van der Waals surface area contributed by atoms with Gasteiger partial charge in [-0.05, 0) is 31.9 Å². The van der Waals surface area contributed by atoms with Crippen molar-refractivity contribution in [3.05, 3.63) is 47.6 Å². The van der Waals surface area contributed by atoms with Crippen molar-refractivity contribution in [1.29, 1.82) is 0 Å². The highest BCUT2D eigenvalue weighted by atomic mass is 16.6. The van der Waals surface area contributed by atoms with Crippen LogP contribution in [0.5, 0.6) is 0 Å². The van der Waals surface area contributed by atoms with Crippen molar-refractivity contribution < 1.29 is 39.2 Å². The van der Waals surface area contributed by atoms with Crippen LogP contribution >= 0.6 is 0 Å². The molecule has 4 aliphatic rings. The largest absolute Gasteiger partial charge is 0.458 e. The fourth-order valence-corrected chi connectivity index (χ4v) is 7.34. The Labute approximate surface area is 211 Å². The number of allylic oxidation sites excluding steroid dienone is 2. The van der Waals surface area contributed by atoms with E-state index in [-0.39, 0.29) is 13.0 Å². The van der Waals surface area contributed by atoms with E-state index < -0.39 is 69.7 Å². The number of hydrogen-bond acceptors (Lipinski definition) is 8. The lowest BCUT2D eigenvalue weighted by molar-refractivity contribution is -0.217. The average Bonchev–Trinajstić information content (AvgIpc) is 3.23. The number of carbonyl (C=O) groups excluding carboxylic acids is 3. The molecule has 0 aromatic carbocycles. The summed E-state index contributed by atoms with van der Waals surface area (Å²) in [5.41, 5.74) is -4.87. The molecule has 4 aliphatic carbocycles. The second-order valence-electron chi connectivity index (χ2n) is 11.3. The lowest BCUT2D eigenvalue weighted by Gasteiger charge is -2.52. The minimum atomic E-state index is -1.96. The molecule has 0 amide bonds. The maximum atomic E-state index is 13.2. The topological polar surface area (TPSA) is 130 Å². The molecule has 2 fully saturated rings. The van der Waals surface area contributed by atoms with E-state index in [0.717, 1.165) is 0 Å². The molecule has 4 rings (SSSR count). The molecule has 8 heteroatoms. The highest BCUT2D eigenvalue weighted by molar-refractivity contribution is 6.04. The van der Waals surface area contributed by atoms with Crippen LogP contribution in [0.3, 0.4) is 0 Å². The summed E-state index contributed by atoms with van der Waals surface area (Å²) in [6.45, 7) is 10.2. The summed E-state index contributed by atoms with van der Waals surface area (Å²) in [5.74, 6) is -4.75. The molecular formula is C28H36O8. The molecular weight excluding hydrogens is 464 g/mol. The zero-order chi connectivity index (χ0) is 26.8. The number of fused-ring (bicyclic) bond motifs is 5. The van der Waals surface area contributed by atoms with Gasteiger partial charge in [-0.1, -0.05) is 45.1 Å². The molecule has 0 aromatic rings. The third-order valence-electron chi connectivity index (χ3n) is 9.07. The standard InChI is InChI=1S/C28H36O8/c1-7-9-20(29)35-14-17-12-18-22-25(5,6)28(22,36-21(30)10-8-2)24(32)16(4)27(18,34)19-11-15(3)23(31)26(19,33)13-17/h7-12,16,18-19,22,24,32-34H,13-14H2,1-6H3/b9-7+,10-8+/t16-,18+,19-,22-,24-,26-,27-,28-/m1/s1. The molecule has 0 aromatic heterocycles. The van der Waals surface area contributed by atoms with Gasteiger partial charge in [-0.15, -0.1) is 0 Å². The van der Waals surface area contributed by atoms with Crippen molar-refractivity contribution in [2.45, 2.75) is 70.9 Å². The molecule has 0 heterocycles. The molecule has 0 saturated heterocycles. The smallest absolute Gasteiger partial charge is 0.331 e. The van der Waals surface area contributed by atoms with E-state index in [4.69, 9.17) is 9.47 Å². The molecule has 196 valence electrons. The number of aliphatic hydroxyl groups is 3. The molecule has 8 atom stereocenters. The fourth-order valence-electron chi connectivity index (χ4n) is 7.34. The van der Waals surface area contributed by atoms with Crippen LogP contribution in [0, 0.1) is 29.1 Å². The normalized spacial score (nSPS) is 42.7. The summed E-state index contributed by atoms with van der Waals surface area (Å²) in [6, 6.07) is 0. The highest BCUT2D eigenvalue weighted by Gasteiger charge is 2.86. The number of ether oxygens (including phenoxy) is 2. The van der Waals surface area contributed by atoms with Crippen LogP contribution < -0.4 is 0 Å². The second-order valence-corrected chi connectivity index (χ2v) is 11.3. The number of Topliss-reactive ketones (excluding diaryl/α,β-unsaturated/α-hetero) is 1. The van der Waals surface area contributed by atoms with Gasteiger partial charge in [0.05, 0.1) is 11.7 Å². The van der Waals surface area contributed by atoms with Gasteiger partial charge in [0, 0.05) is 47.7 Å². The third kappa shape index (κ3) is 3.34. The molecule has 8 nitrogen and oxygen atoms in total. The van der Waals surface area contributed by atoms with Gasteiger partial charge in [0.15, 0.2) is 5.78 Å². The number of carbonyl (C=O) groups is 3. The van der Waals surface area contributed by atoms with E-state index in [1.54, 1.807) is 52.0 Å². The van der Waals surface area contributed by atoms with Gasteiger partial charge < -0.3 is 24.8 Å². The van der Waals surface area contributed by atoms with Crippen molar-refractivity contribution in [3.8, 4) is 0 Å². The van der Waals surface area contributed by atoms with E-state index in [1.807, 2.05) is 13.8 Å². The van der Waals surface area contributed by atoms with Crippen LogP contribution in [0.1, 0.15) is 48.0 Å². The molecule has 0 spiro atoms. The number of hydrogen-bond donors (Lipinski definition) is 3. The Morgan fingerprint density at radius 2 is 1.72 bits per heavy atom. The fraction of sp³-hybridized carbons (Fsp3) is 0.607. The van der Waals surface area contributed by atoms with Crippen LogP contribution in [0.15, 0.2) is 47.6 Å². The van der Waals surface area contributed by atoms with Crippen molar-refractivity contribution in [2.75, 3.05) is 6.61 Å². The molecule has 0 aliphatic heterocycles. The Morgan fingerprint density at radius 3 is 2.33 bits per heavy atom. The SMILES string of the molecule is C/C=C/C(=O)OCC1=C[C@H]2[C@@H]3C(C)(C)[C@]3(OC(=O)/C=C/C)[C@H](O)[C@@H](C)[C@]2(O)[C@@H]2C=C(C)C(=O)[C@@]2(O)C1. The second kappa shape index (κ2) is 8.50. The summed E-state index contributed by atoms with van der Waals surface area (Å²) < 4.78 is 11.3. The van der Waals surface area contributed by atoms with Crippen molar-refractivity contribution in [2.24, 2.45) is 29.1 Å². The first-order valence-corrected chi connectivity index (χ1v) is 12.4. The van der Waals surface area contributed by atoms with Crippen LogP contribution in [-0.2, 0) is 23.9 Å². The van der Waals surface area contributed by atoms with Crippen LogP contribution in [-0.4, -0.2) is 62.6 Å². The zero-order valence-electron chi connectivity index (χ0n) is 21.6. The first kappa shape index (κ1) is 26.5. The zero-order valence-corrected chi connectivity index (χ0v) is 21.6. The summed E-state index contributed by atoms with van der Waals surface area (Å²) in [4.78, 5) is 37.8. The van der Waals surface area contributed by atoms with Crippen LogP contribution in [0.25, 0.3) is 0 Å². The van der Waals surface area contributed by atoms with Gasteiger partial charge in [0.25, 0.3) is 0 Å².